The van der Waals surface area contributed by atoms with Gasteiger partial charge in [-0.25, -0.2) is 0 Å². The maximum absolute atomic E-state index is 8.88. The molecule has 0 aromatic heterocycles. The first-order valence-electron chi connectivity index (χ1n) is 5.15. The van der Waals surface area contributed by atoms with Gasteiger partial charge in [0, 0.05) is 0 Å². The number of aliphatic hydroxyl groups excluding tert-OH is 1. The van der Waals surface area contributed by atoms with Crippen molar-refractivity contribution in [2.75, 3.05) is 0 Å². The zero-order valence-corrected chi connectivity index (χ0v) is 8.29. The van der Waals surface area contributed by atoms with Crippen molar-refractivity contribution in [3.8, 4) is 11.8 Å². The molecule has 1 rings (SSSR count). The fraction of sp³-hybridized carbons (Fsp3) is 0.667. The Balaban J connectivity index is 2.27. The third-order valence-electron chi connectivity index (χ3n) is 2.39. The first-order valence-corrected chi connectivity index (χ1v) is 5.15. The molecule has 1 aliphatic carbocycles. The molecule has 1 heteroatoms. The maximum Gasteiger partial charge on any atom is 0.112 e. The van der Waals surface area contributed by atoms with Crippen LogP contribution in [0, 0.1) is 17.8 Å². The first kappa shape index (κ1) is 10.3. The average Bonchev–Trinajstić information content (AvgIpc) is 2.14. The van der Waals surface area contributed by atoms with Gasteiger partial charge >= 0.3 is 0 Å². The number of rotatable bonds is 1. The Morgan fingerprint density at radius 2 is 2.00 bits per heavy atom. The van der Waals surface area contributed by atoms with Crippen LogP contribution in [0.3, 0.4) is 0 Å². The van der Waals surface area contributed by atoms with Crippen molar-refractivity contribution in [1.82, 2.24) is 0 Å². The van der Waals surface area contributed by atoms with Gasteiger partial charge in [0.15, 0.2) is 0 Å². The molecule has 0 amide bonds. The molecule has 0 bridgehead atoms. The van der Waals surface area contributed by atoms with E-state index in [1.807, 2.05) is 6.08 Å². The summed E-state index contributed by atoms with van der Waals surface area (Å²) in [6.07, 6.45) is 10.3. The van der Waals surface area contributed by atoms with Crippen LogP contribution in [-0.4, -0.2) is 11.2 Å². The van der Waals surface area contributed by atoms with Crippen LogP contribution < -0.4 is 0 Å². The highest BCUT2D eigenvalue weighted by Crippen LogP contribution is 2.24. The molecule has 1 N–H and O–H groups in total. The molecule has 0 aliphatic heterocycles. The van der Waals surface area contributed by atoms with E-state index >= 15 is 0 Å². The van der Waals surface area contributed by atoms with E-state index in [1.54, 1.807) is 6.92 Å². The lowest BCUT2D eigenvalue weighted by Crippen LogP contribution is -2.02. The van der Waals surface area contributed by atoms with Gasteiger partial charge in [-0.1, -0.05) is 37.2 Å². The number of hydrogen-bond donors (Lipinski definition) is 1. The van der Waals surface area contributed by atoms with Crippen LogP contribution >= 0.6 is 0 Å². The molecule has 0 radical (unpaired) electrons. The summed E-state index contributed by atoms with van der Waals surface area (Å²) in [5, 5.41) is 8.88. The molecular formula is C12H18O. The number of hydrogen-bond acceptors (Lipinski definition) is 1. The Hall–Kier alpha value is -0.740. The second-order valence-corrected chi connectivity index (χ2v) is 3.72. The molecule has 0 heterocycles. The van der Waals surface area contributed by atoms with Crippen LogP contribution in [0.25, 0.3) is 0 Å². The van der Waals surface area contributed by atoms with Crippen LogP contribution in [0.1, 0.15) is 39.0 Å². The molecule has 0 spiro atoms. The predicted molar refractivity (Wildman–Crippen MR) is 55.2 cm³/mol. The molecule has 0 aromatic rings. The Labute approximate surface area is 80.9 Å². The molecule has 1 fully saturated rings. The standard InChI is InChI=1S/C12H18O/c1-11(13)7-5-6-10-12-8-3-2-4-9-12/h6,10-13H,2-4,8-9H2,1H3/b10-6-. The first-order chi connectivity index (χ1) is 6.29. The second kappa shape index (κ2) is 5.83. The van der Waals surface area contributed by atoms with E-state index in [1.165, 1.54) is 32.1 Å². The van der Waals surface area contributed by atoms with E-state index in [2.05, 4.69) is 17.9 Å². The molecule has 0 aromatic carbocycles. The van der Waals surface area contributed by atoms with Crippen molar-refractivity contribution < 1.29 is 5.11 Å². The zero-order valence-electron chi connectivity index (χ0n) is 8.29. The van der Waals surface area contributed by atoms with Crippen LogP contribution in [-0.2, 0) is 0 Å². The quantitative estimate of drug-likeness (QED) is 0.612. The van der Waals surface area contributed by atoms with Crippen molar-refractivity contribution in [1.29, 1.82) is 0 Å². The van der Waals surface area contributed by atoms with Gasteiger partial charge in [0.1, 0.15) is 6.10 Å². The SMILES string of the molecule is CC(O)C#C/C=C\C1CCCCC1. The third kappa shape index (κ3) is 4.75. The van der Waals surface area contributed by atoms with Crippen molar-refractivity contribution >= 4 is 0 Å². The van der Waals surface area contributed by atoms with Crippen LogP contribution in [0.2, 0.25) is 0 Å². The van der Waals surface area contributed by atoms with Gasteiger partial charge in [-0.05, 0) is 31.8 Å². The van der Waals surface area contributed by atoms with E-state index in [0.717, 1.165) is 5.92 Å². The van der Waals surface area contributed by atoms with Gasteiger partial charge in [-0.3, -0.25) is 0 Å². The minimum Gasteiger partial charge on any atom is -0.381 e. The normalized spacial score (nSPS) is 21.1. The van der Waals surface area contributed by atoms with Gasteiger partial charge in [0.05, 0.1) is 0 Å². The average molecular weight is 178 g/mol. The third-order valence-corrected chi connectivity index (χ3v) is 2.39. The summed E-state index contributed by atoms with van der Waals surface area (Å²) in [6.45, 7) is 1.68. The van der Waals surface area contributed by atoms with Crippen molar-refractivity contribution in [3.05, 3.63) is 12.2 Å². The minimum atomic E-state index is -0.504. The topological polar surface area (TPSA) is 20.2 Å². The van der Waals surface area contributed by atoms with Gasteiger partial charge in [0.2, 0.25) is 0 Å². The molecule has 1 atom stereocenters. The van der Waals surface area contributed by atoms with E-state index in [-0.39, 0.29) is 0 Å². The van der Waals surface area contributed by atoms with Gasteiger partial charge in [0.25, 0.3) is 0 Å². The highest BCUT2D eigenvalue weighted by Gasteiger charge is 2.08. The highest BCUT2D eigenvalue weighted by atomic mass is 16.3. The lowest BCUT2D eigenvalue weighted by Gasteiger charge is -2.17. The van der Waals surface area contributed by atoms with Crippen LogP contribution in [0.15, 0.2) is 12.2 Å². The highest BCUT2D eigenvalue weighted by molar-refractivity contribution is 5.17. The monoisotopic (exact) mass is 178 g/mol. The Morgan fingerprint density at radius 3 is 2.62 bits per heavy atom. The maximum atomic E-state index is 8.88. The second-order valence-electron chi connectivity index (χ2n) is 3.72. The fourth-order valence-electron chi connectivity index (χ4n) is 1.68. The number of allylic oxidation sites excluding steroid dienone is 2. The smallest absolute Gasteiger partial charge is 0.112 e. The molecule has 0 saturated heterocycles. The van der Waals surface area contributed by atoms with E-state index < -0.39 is 6.10 Å². The van der Waals surface area contributed by atoms with Crippen molar-refractivity contribution in [2.24, 2.45) is 5.92 Å². The predicted octanol–water partition coefficient (Wildman–Crippen LogP) is 2.51. The Morgan fingerprint density at radius 1 is 1.31 bits per heavy atom. The molecule has 1 unspecified atom stereocenters. The van der Waals surface area contributed by atoms with Crippen molar-refractivity contribution in [2.45, 2.75) is 45.1 Å². The summed E-state index contributed by atoms with van der Waals surface area (Å²) in [5.41, 5.74) is 0. The molecule has 1 nitrogen and oxygen atoms in total. The summed E-state index contributed by atoms with van der Waals surface area (Å²) in [7, 11) is 0. The minimum absolute atomic E-state index is 0.504. The Kier molecular flexibility index (Phi) is 4.64. The fourth-order valence-corrected chi connectivity index (χ4v) is 1.68. The summed E-state index contributed by atoms with van der Waals surface area (Å²) in [5.74, 6) is 6.29. The van der Waals surface area contributed by atoms with Crippen LogP contribution in [0.4, 0.5) is 0 Å². The summed E-state index contributed by atoms with van der Waals surface area (Å²) < 4.78 is 0. The molecule has 1 aliphatic rings. The lowest BCUT2D eigenvalue weighted by atomic mass is 9.89. The van der Waals surface area contributed by atoms with E-state index in [0.29, 0.717) is 0 Å². The zero-order chi connectivity index (χ0) is 9.52. The lowest BCUT2D eigenvalue weighted by molar-refractivity contribution is 0.253. The van der Waals surface area contributed by atoms with E-state index in [9.17, 15) is 0 Å². The van der Waals surface area contributed by atoms with Gasteiger partial charge < -0.3 is 5.11 Å². The Bertz CT molecular complexity index is 211. The molecule has 1 saturated carbocycles. The molecular weight excluding hydrogens is 160 g/mol. The molecule has 72 valence electrons. The van der Waals surface area contributed by atoms with Crippen molar-refractivity contribution in [3.63, 3.8) is 0 Å². The summed E-state index contributed by atoms with van der Waals surface area (Å²) in [6, 6.07) is 0. The number of aliphatic hydroxyl groups is 1. The van der Waals surface area contributed by atoms with Gasteiger partial charge in [-0.15, -0.1) is 0 Å². The largest absolute Gasteiger partial charge is 0.381 e. The summed E-state index contributed by atoms with van der Waals surface area (Å²) in [4.78, 5) is 0. The van der Waals surface area contributed by atoms with Crippen LogP contribution in [0.5, 0.6) is 0 Å². The summed E-state index contributed by atoms with van der Waals surface area (Å²) >= 11 is 0. The van der Waals surface area contributed by atoms with E-state index in [4.69, 9.17) is 5.11 Å². The molecule has 13 heavy (non-hydrogen) atoms. The van der Waals surface area contributed by atoms with Gasteiger partial charge in [-0.2, -0.15) is 0 Å².